The van der Waals surface area contributed by atoms with Crippen molar-refractivity contribution in [2.45, 2.75) is 18.4 Å². The lowest BCUT2D eigenvalue weighted by molar-refractivity contribution is -0.388. The fraction of sp³-hybridized carbons (Fsp3) is 0.500. The largest absolute Gasteiger partial charge is 0.440 e. The average molecular weight is 296 g/mol. The predicted molar refractivity (Wildman–Crippen MR) is 72.8 cm³/mol. The van der Waals surface area contributed by atoms with E-state index < -0.39 is 16.6 Å². The number of hydrogen-bond acceptors (Lipinski definition) is 7. The normalized spacial score (nSPS) is 17.3. The second-order valence-electron chi connectivity index (χ2n) is 4.85. The van der Waals surface area contributed by atoms with Gasteiger partial charge in [-0.2, -0.15) is 0 Å². The summed E-state index contributed by atoms with van der Waals surface area (Å²) in [6.07, 6.45) is 1.08. The van der Waals surface area contributed by atoms with Crippen LogP contribution in [0.4, 0.5) is 16.3 Å². The van der Waals surface area contributed by atoms with Gasteiger partial charge in [-0.3, -0.25) is 0 Å². The first-order valence-electron chi connectivity index (χ1n) is 6.41. The molecule has 1 aliphatic rings. The van der Waals surface area contributed by atoms with Gasteiger partial charge in [-0.25, -0.2) is 4.79 Å². The monoisotopic (exact) mass is 296 g/mol. The summed E-state index contributed by atoms with van der Waals surface area (Å²) in [6.45, 7) is 0.444. The molecule has 0 unspecified atom stereocenters. The third-order valence-corrected chi connectivity index (χ3v) is 3.56. The second kappa shape index (κ2) is 5.92. The lowest BCUT2D eigenvalue weighted by atomic mass is 9.91. The molecule has 0 aliphatic carbocycles. The number of ether oxygens (including phenoxy) is 1. The number of aliphatic hydroxyl groups excluding tert-OH is 1. The number of pyridine rings is 1. The second-order valence-corrected chi connectivity index (χ2v) is 4.85. The third-order valence-electron chi connectivity index (χ3n) is 3.56. The van der Waals surface area contributed by atoms with Gasteiger partial charge in [0, 0.05) is 25.9 Å². The van der Waals surface area contributed by atoms with Crippen LogP contribution in [0.3, 0.4) is 0 Å². The lowest BCUT2D eigenvalue weighted by Crippen LogP contribution is -2.50. The van der Waals surface area contributed by atoms with Gasteiger partial charge in [0.05, 0.1) is 6.61 Å². The molecule has 2 rings (SSSR count). The van der Waals surface area contributed by atoms with Crippen molar-refractivity contribution >= 4 is 17.6 Å². The molecule has 0 atom stereocenters. The number of piperidine rings is 1. The van der Waals surface area contributed by atoms with Crippen LogP contribution in [0.25, 0.3) is 0 Å². The summed E-state index contributed by atoms with van der Waals surface area (Å²) in [5.74, 6) is -0.218. The molecule has 0 bridgehead atoms. The number of amides is 1. The zero-order valence-electron chi connectivity index (χ0n) is 11.3. The first-order chi connectivity index (χ1) is 9.97. The Bertz CT molecular complexity index is 542. The molecule has 0 radical (unpaired) electrons. The Hall–Kier alpha value is -2.42. The molecule has 9 heteroatoms. The fourth-order valence-electron chi connectivity index (χ4n) is 2.44. The maximum Gasteiger partial charge on any atom is 0.405 e. The smallest absolute Gasteiger partial charge is 0.405 e. The Kier molecular flexibility index (Phi) is 4.22. The molecular weight excluding hydrogens is 280 g/mol. The van der Waals surface area contributed by atoms with E-state index in [0.29, 0.717) is 31.6 Å². The van der Waals surface area contributed by atoms with Crippen LogP contribution in [0.1, 0.15) is 12.8 Å². The molecule has 21 heavy (non-hydrogen) atoms. The number of anilines is 1. The van der Waals surface area contributed by atoms with E-state index in [-0.39, 0.29) is 12.4 Å². The van der Waals surface area contributed by atoms with Crippen LogP contribution in [0, 0.1) is 10.1 Å². The summed E-state index contributed by atoms with van der Waals surface area (Å²) in [7, 11) is 0. The van der Waals surface area contributed by atoms with Crippen LogP contribution in [-0.2, 0) is 4.74 Å². The molecule has 0 saturated carbocycles. The first-order valence-corrected chi connectivity index (χ1v) is 6.41. The number of rotatable bonds is 4. The number of primary amides is 1. The van der Waals surface area contributed by atoms with E-state index in [1.54, 1.807) is 17.0 Å². The standard InChI is InChI=1S/C12H16N4O5/c13-11(18)21-12(8-17)3-6-15(7-4-12)9-2-1-5-14-10(9)16(19)20/h1-2,5,17H,3-4,6-8H2,(H2,13,18). The summed E-state index contributed by atoms with van der Waals surface area (Å²) in [5.41, 5.74) is 4.40. The van der Waals surface area contributed by atoms with E-state index in [9.17, 15) is 20.0 Å². The molecule has 1 fully saturated rings. The van der Waals surface area contributed by atoms with Crippen LogP contribution in [0.5, 0.6) is 0 Å². The minimum Gasteiger partial charge on any atom is -0.440 e. The maximum atomic E-state index is 11.0. The van der Waals surface area contributed by atoms with Crippen molar-refractivity contribution in [2.75, 3.05) is 24.6 Å². The molecule has 1 aromatic heterocycles. The summed E-state index contributed by atoms with van der Waals surface area (Å²) < 4.78 is 5.00. The minimum absolute atomic E-state index is 0.218. The van der Waals surface area contributed by atoms with Crippen LogP contribution in [-0.4, -0.2) is 46.4 Å². The molecule has 2 heterocycles. The molecule has 114 valence electrons. The Morgan fingerprint density at radius 1 is 1.57 bits per heavy atom. The number of carbonyl (C=O) groups is 1. The highest BCUT2D eigenvalue weighted by atomic mass is 16.6. The van der Waals surface area contributed by atoms with Gasteiger partial charge >= 0.3 is 11.9 Å². The van der Waals surface area contributed by atoms with Gasteiger partial charge in [-0.15, -0.1) is 0 Å². The lowest BCUT2D eigenvalue weighted by Gasteiger charge is -2.40. The molecular formula is C12H16N4O5. The number of carbonyl (C=O) groups excluding carboxylic acids is 1. The molecule has 1 aromatic rings. The highest BCUT2D eigenvalue weighted by Crippen LogP contribution is 2.32. The molecule has 1 amide bonds. The summed E-state index contributed by atoms with van der Waals surface area (Å²) in [4.78, 5) is 26.9. The van der Waals surface area contributed by atoms with Crippen LogP contribution in [0.2, 0.25) is 0 Å². The van der Waals surface area contributed by atoms with Crippen molar-refractivity contribution in [2.24, 2.45) is 5.73 Å². The highest BCUT2D eigenvalue weighted by Gasteiger charge is 2.38. The van der Waals surface area contributed by atoms with Gasteiger partial charge < -0.3 is 30.6 Å². The van der Waals surface area contributed by atoms with Crippen LogP contribution < -0.4 is 10.6 Å². The van der Waals surface area contributed by atoms with E-state index in [2.05, 4.69) is 4.98 Å². The van der Waals surface area contributed by atoms with Gasteiger partial charge in [0.15, 0.2) is 0 Å². The number of hydrogen-bond donors (Lipinski definition) is 2. The zero-order valence-corrected chi connectivity index (χ0v) is 11.3. The van der Waals surface area contributed by atoms with E-state index >= 15 is 0 Å². The van der Waals surface area contributed by atoms with Gasteiger partial charge in [-0.05, 0) is 22.0 Å². The van der Waals surface area contributed by atoms with Gasteiger partial charge in [-0.1, -0.05) is 0 Å². The fourth-order valence-corrected chi connectivity index (χ4v) is 2.44. The summed E-state index contributed by atoms with van der Waals surface area (Å²) >= 11 is 0. The van der Waals surface area contributed by atoms with Crippen molar-refractivity contribution in [3.8, 4) is 0 Å². The number of aromatic nitrogens is 1. The molecule has 1 saturated heterocycles. The summed E-state index contributed by atoms with van der Waals surface area (Å²) in [6, 6.07) is 3.24. The molecule has 1 aliphatic heterocycles. The number of nitrogens with two attached hydrogens (primary N) is 1. The van der Waals surface area contributed by atoms with Crippen molar-refractivity contribution < 1.29 is 19.6 Å². The number of nitro groups is 1. The molecule has 3 N–H and O–H groups in total. The van der Waals surface area contributed by atoms with Crippen LogP contribution >= 0.6 is 0 Å². The zero-order chi connectivity index (χ0) is 15.5. The molecule has 9 nitrogen and oxygen atoms in total. The van der Waals surface area contributed by atoms with Gasteiger partial charge in [0.1, 0.15) is 17.5 Å². The number of nitrogens with zero attached hydrogens (tertiary/aromatic N) is 3. The molecule has 0 aromatic carbocycles. The van der Waals surface area contributed by atoms with Crippen molar-refractivity contribution in [3.63, 3.8) is 0 Å². The quantitative estimate of drug-likeness (QED) is 0.607. The Balaban J connectivity index is 2.14. The highest BCUT2D eigenvalue weighted by molar-refractivity contribution is 5.65. The maximum absolute atomic E-state index is 11.0. The Morgan fingerprint density at radius 3 is 2.76 bits per heavy atom. The molecule has 0 spiro atoms. The van der Waals surface area contributed by atoms with E-state index in [1.807, 2.05) is 0 Å². The van der Waals surface area contributed by atoms with Crippen molar-refractivity contribution in [3.05, 3.63) is 28.4 Å². The first kappa shape index (κ1) is 15.0. The predicted octanol–water partition coefficient (Wildman–Crippen LogP) is 0.416. The van der Waals surface area contributed by atoms with Gasteiger partial charge in [0.2, 0.25) is 0 Å². The van der Waals surface area contributed by atoms with E-state index in [4.69, 9.17) is 10.5 Å². The van der Waals surface area contributed by atoms with Gasteiger partial charge in [0.25, 0.3) is 0 Å². The Labute approximate surface area is 120 Å². The third kappa shape index (κ3) is 3.19. The van der Waals surface area contributed by atoms with Crippen molar-refractivity contribution in [1.82, 2.24) is 4.98 Å². The summed E-state index contributed by atoms with van der Waals surface area (Å²) in [5, 5.41) is 20.4. The minimum atomic E-state index is -1.01. The van der Waals surface area contributed by atoms with E-state index in [0.717, 1.165) is 0 Å². The van der Waals surface area contributed by atoms with Crippen molar-refractivity contribution in [1.29, 1.82) is 0 Å². The SMILES string of the molecule is NC(=O)OC1(CO)CCN(c2cccnc2[N+](=O)[O-])CC1. The number of aliphatic hydroxyl groups is 1. The topological polar surface area (TPSA) is 132 Å². The van der Waals surface area contributed by atoms with E-state index in [1.165, 1.54) is 6.20 Å². The van der Waals surface area contributed by atoms with Crippen LogP contribution in [0.15, 0.2) is 18.3 Å². The average Bonchev–Trinajstić information content (AvgIpc) is 2.47. The Morgan fingerprint density at radius 2 is 2.24 bits per heavy atom.